The number of nitrogens with zero attached hydrogens (tertiary/aromatic N) is 1. The standard InChI is InChI=1S/C24H35N5O3.C23H29NO3.4C2H6/c1-6-9-10-21(30)29(22(16(4)5)24(31)32)15-17-11-13-18(14-12-17)19(7-2)20(8-3)23-25-27-28-26-23;1-3-17(2)15-21(24-22(25)13-14-23(26)27)16-18-9-11-20(12-10-18)19-7-5-4-6-8-19;4*1-2/h7-8,11-14,16,22-23,25-28H,2-3,6,9-10,15H2,1,4-5H3,(H,31,32);4-12,17,21H,3,13-16H2,1-2H3,(H,24,25)(H,26,27);4*1-2H3/b20-19-;;;;;/t;17-,21?;;;;/m.0..../s1. The third-order valence-electron chi connectivity index (χ3n) is 10.3. The number of hydrogen-bond donors (Lipinski definition) is 7. The SMILES string of the molecule is C=C/C(=C(\C=C)C1NNNN1)c1ccc(CN(C(=O)CCCC)C(C(=O)O)C(C)C)cc1.CC.CC.CC.CC.CC[C@H](C)CC(Cc1ccc(-c2ccccc2)cc1)NC(=O)CCC(=O)O. The molecule has 67 heavy (non-hydrogen) atoms. The summed E-state index contributed by atoms with van der Waals surface area (Å²) in [7, 11) is 0. The Morgan fingerprint density at radius 1 is 0.716 bits per heavy atom. The molecule has 3 aromatic rings. The van der Waals surface area contributed by atoms with Gasteiger partial charge in [-0.3, -0.25) is 14.4 Å². The predicted octanol–water partition coefficient (Wildman–Crippen LogP) is 11.7. The van der Waals surface area contributed by atoms with Crippen LogP contribution in [0.4, 0.5) is 0 Å². The first-order valence-electron chi connectivity index (χ1n) is 24.6. The summed E-state index contributed by atoms with van der Waals surface area (Å²) in [6.45, 7) is 34.1. The van der Waals surface area contributed by atoms with Crippen LogP contribution in [0.3, 0.4) is 0 Å². The number of hydrazine groups is 3. The number of carbonyl (C=O) groups excluding carboxylic acids is 2. The number of rotatable bonds is 22. The highest BCUT2D eigenvalue weighted by molar-refractivity contribution is 5.84. The lowest BCUT2D eigenvalue weighted by molar-refractivity contribution is -0.153. The van der Waals surface area contributed by atoms with Gasteiger partial charge in [-0.25, -0.2) is 15.6 Å². The molecule has 1 aliphatic heterocycles. The zero-order valence-corrected chi connectivity index (χ0v) is 43.3. The molecule has 0 saturated carbocycles. The van der Waals surface area contributed by atoms with Crippen LogP contribution in [0.5, 0.6) is 0 Å². The van der Waals surface area contributed by atoms with Crippen LogP contribution >= 0.6 is 0 Å². The first-order valence-corrected chi connectivity index (χ1v) is 24.6. The zero-order chi connectivity index (χ0) is 51.3. The molecule has 0 spiro atoms. The Morgan fingerprint density at radius 3 is 1.72 bits per heavy atom. The van der Waals surface area contributed by atoms with Gasteiger partial charge >= 0.3 is 11.9 Å². The number of amides is 2. The number of nitrogens with one attached hydrogen (secondary N) is 5. The Hall–Kier alpha value is -5.40. The summed E-state index contributed by atoms with van der Waals surface area (Å²) >= 11 is 0. The van der Waals surface area contributed by atoms with E-state index in [4.69, 9.17) is 5.11 Å². The fourth-order valence-corrected chi connectivity index (χ4v) is 6.89. The average Bonchev–Trinajstić information content (AvgIpc) is 3.89. The highest BCUT2D eigenvalue weighted by Gasteiger charge is 2.32. The molecule has 2 amide bonds. The normalized spacial score (nSPS) is 13.2. The van der Waals surface area contributed by atoms with Crippen LogP contribution in [0.25, 0.3) is 16.7 Å². The molecule has 374 valence electrons. The maximum Gasteiger partial charge on any atom is 0.326 e. The van der Waals surface area contributed by atoms with Crippen LogP contribution in [0.15, 0.2) is 110 Å². The van der Waals surface area contributed by atoms with E-state index in [-0.39, 0.29) is 49.3 Å². The summed E-state index contributed by atoms with van der Waals surface area (Å²) in [5, 5.41) is 21.5. The molecule has 0 bridgehead atoms. The molecule has 1 fully saturated rings. The Balaban J connectivity index is 0. The van der Waals surface area contributed by atoms with E-state index in [9.17, 15) is 24.3 Å². The van der Waals surface area contributed by atoms with Crippen molar-refractivity contribution in [2.45, 2.75) is 166 Å². The van der Waals surface area contributed by atoms with Crippen molar-refractivity contribution in [2.24, 2.45) is 11.8 Å². The van der Waals surface area contributed by atoms with E-state index in [1.54, 1.807) is 12.2 Å². The molecule has 1 saturated heterocycles. The van der Waals surface area contributed by atoms with E-state index < -0.39 is 18.0 Å². The molecule has 3 atom stereocenters. The molecule has 2 unspecified atom stereocenters. The van der Waals surface area contributed by atoms with Crippen molar-refractivity contribution < 1.29 is 29.4 Å². The average molecular weight is 929 g/mol. The maximum absolute atomic E-state index is 12.9. The smallest absolute Gasteiger partial charge is 0.326 e. The summed E-state index contributed by atoms with van der Waals surface area (Å²) in [6, 6.07) is 25.6. The summed E-state index contributed by atoms with van der Waals surface area (Å²) in [5.41, 5.74) is 18.8. The van der Waals surface area contributed by atoms with Gasteiger partial charge in [0.15, 0.2) is 0 Å². The van der Waals surface area contributed by atoms with Crippen LogP contribution in [0.1, 0.15) is 152 Å². The molecule has 1 heterocycles. The van der Waals surface area contributed by atoms with Crippen molar-refractivity contribution in [3.8, 4) is 11.1 Å². The predicted molar refractivity (Wildman–Crippen MR) is 280 cm³/mol. The molecule has 0 radical (unpaired) electrons. The summed E-state index contributed by atoms with van der Waals surface area (Å²) in [4.78, 5) is 49.0. The van der Waals surface area contributed by atoms with Gasteiger partial charge < -0.3 is 20.4 Å². The number of aliphatic carboxylic acids is 2. The number of carboxylic acids is 2. The summed E-state index contributed by atoms with van der Waals surface area (Å²) in [5.74, 6) is -1.94. The lowest BCUT2D eigenvalue weighted by Crippen LogP contribution is -2.47. The molecule has 1 aliphatic rings. The Kier molecular flexibility index (Phi) is 36.8. The van der Waals surface area contributed by atoms with Crippen molar-refractivity contribution in [3.63, 3.8) is 0 Å². The minimum atomic E-state index is -0.979. The quantitative estimate of drug-likeness (QED) is 0.0481. The highest BCUT2D eigenvalue weighted by Crippen LogP contribution is 2.25. The summed E-state index contributed by atoms with van der Waals surface area (Å²) < 4.78 is 0. The highest BCUT2D eigenvalue weighted by atomic mass is 16.4. The molecular formula is C55H88N6O6. The van der Waals surface area contributed by atoms with E-state index in [1.165, 1.54) is 21.6 Å². The van der Waals surface area contributed by atoms with Crippen LogP contribution in [-0.2, 0) is 32.1 Å². The van der Waals surface area contributed by atoms with Crippen molar-refractivity contribution in [3.05, 3.63) is 126 Å². The van der Waals surface area contributed by atoms with E-state index >= 15 is 0 Å². The van der Waals surface area contributed by atoms with Gasteiger partial charge in [0.1, 0.15) is 12.2 Å². The van der Waals surface area contributed by atoms with Gasteiger partial charge in [-0.2, -0.15) is 11.1 Å². The fraction of sp³-hybridized carbons (Fsp3) is 0.491. The Labute approximate surface area is 405 Å². The minimum Gasteiger partial charge on any atom is -0.481 e. The van der Waals surface area contributed by atoms with E-state index in [0.717, 1.165) is 54.4 Å². The third kappa shape index (κ3) is 24.3. The van der Waals surface area contributed by atoms with Crippen LogP contribution in [0, 0.1) is 11.8 Å². The van der Waals surface area contributed by atoms with Crippen LogP contribution < -0.4 is 27.2 Å². The molecular weight excluding hydrogens is 841 g/mol. The molecule has 0 aromatic heterocycles. The van der Waals surface area contributed by atoms with Crippen molar-refractivity contribution >= 4 is 29.3 Å². The lowest BCUT2D eigenvalue weighted by atomic mass is 9.93. The monoisotopic (exact) mass is 929 g/mol. The number of allylic oxidation sites excluding steroid dienone is 2. The lowest BCUT2D eigenvalue weighted by Gasteiger charge is -2.32. The molecule has 7 N–H and O–H groups in total. The van der Waals surface area contributed by atoms with E-state index in [1.807, 2.05) is 119 Å². The van der Waals surface area contributed by atoms with Gasteiger partial charge in [0, 0.05) is 25.4 Å². The van der Waals surface area contributed by atoms with Gasteiger partial charge in [0.25, 0.3) is 0 Å². The number of hydrogen-bond acceptors (Lipinski definition) is 8. The van der Waals surface area contributed by atoms with Crippen molar-refractivity contribution in [1.82, 2.24) is 32.1 Å². The molecule has 0 aliphatic carbocycles. The number of carboxylic acid groups (broad SMARTS) is 2. The molecule has 12 heteroatoms. The molecule has 4 rings (SSSR count). The third-order valence-corrected chi connectivity index (χ3v) is 10.3. The summed E-state index contributed by atoms with van der Waals surface area (Å²) in [6.07, 6.45) is 7.89. The Morgan fingerprint density at radius 2 is 1.25 bits per heavy atom. The number of benzene rings is 3. The van der Waals surface area contributed by atoms with Crippen molar-refractivity contribution in [1.29, 1.82) is 0 Å². The largest absolute Gasteiger partial charge is 0.481 e. The van der Waals surface area contributed by atoms with Gasteiger partial charge in [0.2, 0.25) is 11.8 Å². The van der Waals surface area contributed by atoms with Gasteiger partial charge in [-0.15, -0.1) is 0 Å². The molecule has 3 aromatic carbocycles. The van der Waals surface area contributed by atoms with Gasteiger partial charge in [0.05, 0.1) is 6.42 Å². The number of carbonyl (C=O) groups is 4. The Bertz CT molecular complexity index is 1840. The second-order valence-corrected chi connectivity index (χ2v) is 15.3. The van der Waals surface area contributed by atoms with Crippen molar-refractivity contribution in [2.75, 3.05) is 0 Å². The first-order chi connectivity index (χ1) is 32.3. The van der Waals surface area contributed by atoms with Crippen LogP contribution in [0.2, 0.25) is 0 Å². The van der Waals surface area contributed by atoms with Crippen LogP contribution in [-0.4, -0.2) is 57.1 Å². The fourth-order valence-electron chi connectivity index (χ4n) is 6.89. The zero-order valence-electron chi connectivity index (χ0n) is 43.3. The number of unbranched alkanes of at least 4 members (excludes halogenated alkanes) is 1. The van der Waals surface area contributed by atoms with Gasteiger partial charge in [-0.05, 0) is 70.1 Å². The minimum absolute atomic E-state index is 0.0174. The second-order valence-electron chi connectivity index (χ2n) is 15.3. The van der Waals surface area contributed by atoms with Gasteiger partial charge in [-0.1, -0.05) is 207 Å². The first kappa shape index (κ1) is 63.7. The van der Waals surface area contributed by atoms with E-state index in [0.29, 0.717) is 12.3 Å². The second kappa shape index (κ2) is 38.7. The maximum atomic E-state index is 12.9. The van der Waals surface area contributed by atoms with E-state index in [2.05, 4.69) is 90.6 Å². The topological polar surface area (TPSA) is 172 Å². The molecule has 12 nitrogen and oxygen atoms in total.